The van der Waals surface area contributed by atoms with E-state index in [1.165, 1.54) is 7.11 Å². The number of carbonyl (C=O) groups is 1. The molecule has 0 saturated carbocycles. The predicted octanol–water partition coefficient (Wildman–Crippen LogP) is 4.31. The van der Waals surface area contributed by atoms with Gasteiger partial charge in [-0.1, -0.05) is 91.0 Å². The van der Waals surface area contributed by atoms with Gasteiger partial charge < -0.3 is 28.5 Å². The molecule has 6 nitrogen and oxygen atoms in total. The van der Waals surface area contributed by atoms with Crippen LogP contribution < -0.4 is 0 Å². The zero-order valence-electron chi connectivity index (χ0n) is 19.2. The molecular formula is C28H30O6. The molecule has 1 aliphatic rings. The number of methoxy groups -OCH3 is 1. The van der Waals surface area contributed by atoms with E-state index in [4.69, 9.17) is 23.7 Å². The summed E-state index contributed by atoms with van der Waals surface area (Å²) in [6.45, 7) is 0.994. The minimum atomic E-state index is -0.856. The van der Waals surface area contributed by atoms with Crippen LogP contribution in [-0.2, 0) is 48.3 Å². The second-order valence-corrected chi connectivity index (χ2v) is 8.12. The largest absolute Gasteiger partial charge is 0.368 e. The van der Waals surface area contributed by atoms with Gasteiger partial charge in [-0.25, -0.2) is 0 Å². The molecule has 0 amide bonds. The highest BCUT2D eigenvalue weighted by Crippen LogP contribution is 2.30. The van der Waals surface area contributed by atoms with Crippen molar-refractivity contribution < 1.29 is 28.5 Å². The quantitative estimate of drug-likeness (QED) is 0.396. The van der Waals surface area contributed by atoms with Crippen LogP contribution in [0.3, 0.4) is 0 Å². The number of aldehydes is 1. The molecule has 1 aliphatic heterocycles. The first kappa shape index (κ1) is 24.3. The Kier molecular flexibility index (Phi) is 8.96. The van der Waals surface area contributed by atoms with Crippen molar-refractivity contribution >= 4 is 6.29 Å². The highest BCUT2D eigenvalue weighted by atomic mass is 16.7. The number of ether oxygens (including phenoxy) is 5. The Morgan fingerprint density at radius 2 is 1.06 bits per heavy atom. The average molecular weight is 463 g/mol. The monoisotopic (exact) mass is 462 g/mol. The van der Waals surface area contributed by atoms with Crippen LogP contribution in [0.2, 0.25) is 0 Å². The lowest BCUT2D eigenvalue weighted by Crippen LogP contribution is -2.61. The van der Waals surface area contributed by atoms with E-state index in [0.717, 1.165) is 23.0 Å². The number of hydrogen-bond donors (Lipinski definition) is 0. The molecule has 178 valence electrons. The van der Waals surface area contributed by atoms with Crippen LogP contribution in [0, 0.1) is 0 Å². The molecule has 5 atom stereocenters. The Morgan fingerprint density at radius 3 is 1.47 bits per heavy atom. The fourth-order valence-electron chi connectivity index (χ4n) is 3.99. The molecule has 3 aromatic rings. The molecule has 34 heavy (non-hydrogen) atoms. The van der Waals surface area contributed by atoms with E-state index >= 15 is 0 Å². The summed E-state index contributed by atoms with van der Waals surface area (Å²) in [6, 6.07) is 29.5. The van der Waals surface area contributed by atoms with Crippen molar-refractivity contribution in [1.29, 1.82) is 0 Å². The molecule has 0 aromatic heterocycles. The van der Waals surface area contributed by atoms with Gasteiger partial charge in [0.1, 0.15) is 24.4 Å². The summed E-state index contributed by atoms with van der Waals surface area (Å²) in [5.41, 5.74) is 3.01. The summed E-state index contributed by atoms with van der Waals surface area (Å²) >= 11 is 0. The molecule has 0 bridgehead atoms. The molecule has 0 aliphatic carbocycles. The molecule has 1 unspecified atom stereocenters. The minimum Gasteiger partial charge on any atom is -0.368 e. The molecule has 0 radical (unpaired) electrons. The first-order valence-electron chi connectivity index (χ1n) is 11.4. The summed E-state index contributed by atoms with van der Waals surface area (Å²) in [7, 11) is 1.53. The molecule has 6 heteroatoms. The molecule has 1 fully saturated rings. The van der Waals surface area contributed by atoms with Gasteiger partial charge in [-0.05, 0) is 16.7 Å². The van der Waals surface area contributed by atoms with Gasteiger partial charge in [0.15, 0.2) is 12.6 Å². The SMILES string of the molecule is COC1O[C@H](C=O)[C@@H](OCc2ccccc2)[C@H](OCc2ccccc2)[C@@H]1OCc1ccccc1. The third kappa shape index (κ3) is 6.38. The maximum Gasteiger partial charge on any atom is 0.187 e. The van der Waals surface area contributed by atoms with Crippen molar-refractivity contribution in [3.8, 4) is 0 Å². The smallest absolute Gasteiger partial charge is 0.187 e. The number of hydrogen-bond acceptors (Lipinski definition) is 6. The summed E-state index contributed by atoms with van der Waals surface area (Å²) in [5, 5.41) is 0. The second-order valence-electron chi connectivity index (χ2n) is 8.12. The van der Waals surface area contributed by atoms with Gasteiger partial charge in [-0.2, -0.15) is 0 Å². The maximum absolute atomic E-state index is 12.0. The van der Waals surface area contributed by atoms with Crippen molar-refractivity contribution in [2.75, 3.05) is 7.11 Å². The first-order valence-corrected chi connectivity index (χ1v) is 11.4. The standard InChI is InChI=1S/C28H30O6/c1-30-28-27(33-20-23-15-9-4-10-16-23)26(32-19-22-13-7-3-8-14-22)25(24(17-29)34-28)31-18-21-11-5-2-6-12-21/h2-17,24-28H,18-20H2,1H3/t24-,25-,26+,27+,28?/m1/s1. The summed E-state index contributed by atoms with van der Waals surface area (Å²) in [6.07, 6.45) is -2.77. The van der Waals surface area contributed by atoms with E-state index in [9.17, 15) is 4.79 Å². The Hall–Kier alpha value is -2.87. The molecule has 0 spiro atoms. The third-order valence-electron chi connectivity index (χ3n) is 5.75. The number of benzene rings is 3. The fraction of sp³-hybridized carbons (Fsp3) is 0.321. The topological polar surface area (TPSA) is 63.2 Å². The molecule has 1 saturated heterocycles. The summed E-state index contributed by atoms with van der Waals surface area (Å²) in [4.78, 5) is 12.0. The van der Waals surface area contributed by atoms with Crippen LogP contribution in [0.15, 0.2) is 91.0 Å². The normalized spacial score (nSPS) is 24.6. The number of carbonyl (C=O) groups excluding carboxylic acids is 1. The van der Waals surface area contributed by atoms with E-state index in [1.807, 2.05) is 91.0 Å². The van der Waals surface area contributed by atoms with E-state index in [-0.39, 0.29) is 0 Å². The van der Waals surface area contributed by atoms with E-state index in [2.05, 4.69) is 0 Å². The van der Waals surface area contributed by atoms with Gasteiger partial charge in [0.25, 0.3) is 0 Å². The fourth-order valence-corrected chi connectivity index (χ4v) is 3.99. The van der Waals surface area contributed by atoms with Gasteiger partial charge in [0, 0.05) is 7.11 Å². The van der Waals surface area contributed by atoms with Crippen molar-refractivity contribution in [3.63, 3.8) is 0 Å². The first-order chi connectivity index (χ1) is 16.8. The molecular weight excluding hydrogens is 432 g/mol. The molecule has 1 heterocycles. The summed E-state index contributed by atoms with van der Waals surface area (Å²) < 4.78 is 30.4. The average Bonchev–Trinajstić information content (AvgIpc) is 2.91. The third-order valence-corrected chi connectivity index (χ3v) is 5.75. The zero-order chi connectivity index (χ0) is 23.6. The van der Waals surface area contributed by atoms with E-state index < -0.39 is 30.7 Å². The molecule has 4 rings (SSSR count). The Labute approximate surface area is 200 Å². The Balaban J connectivity index is 1.57. The highest BCUT2D eigenvalue weighted by molar-refractivity contribution is 5.57. The lowest BCUT2D eigenvalue weighted by Gasteiger charge is -2.44. The minimum absolute atomic E-state index is 0.313. The van der Waals surface area contributed by atoms with Crippen molar-refractivity contribution in [3.05, 3.63) is 108 Å². The van der Waals surface area contributed by atoms with Crippen LogP contribution in [0.4, 0.5) is 0 Å². The Bertz CT molecular complexity index is 982. The van der Waals surface area contributed by atoms with Crippen molar-refractivity contribution in [2.24, 2.45) is 0 Å². The van der Waals surface area contributed by atoms with Crippen molar-refractivity contribution in [1.82, 2.24) is 0 Å². The van der Waals surface area contributed by atoms with Crippen LogP contribution in [0.5, 0.6) is 0 Å². The summed E-state index contributed by atoms with van der Waals surface area (Å²) in [5.74, 6) is 0. The molecule has 3 aromatic carbocycles. The lowest BCUT2D eigenvalue weighted by molar-refractivity contribution is -0.309. The van der Waals surface area contributed by atoms with Crippen LogP contribution in [-0.4, -0.2) is 44.1 Å². The van der Waals surface area contributed by atoms with E-state index in [1.54, 1.807) is 0 Å². The van der Waals surface area contributed by atoms with Gasteiger partial charge in [0.2, 0.25) is 0 Å². The predicted molar refractivity (Wildman–Crippen MR) is 127 cm³/mol. The van der Waals surface area contributed by atoms with Crippen LogP contribution in [0.25, 0.3) is 0 Å². The van der Waals surface area contributed by atoms with Crippen LogP contribution in [0.1, 0.15) is 16.7 Å². The second kappa shape index (κ2) is 12.6. The molecule has 0 N–H and O–H groups in total. The van der Waals surface area contributed by atoms with Gasteiger partial charge in [-0.3, -0.25) is 0 Å². The lowest BCUT2D eigenvalue weighted by atomic mass is 9.98. The Morgan fingerprint density at radius 1 is 0.647 bits per heavy atom. The number of rotatable bonds is 11. The highest BCUT2D eigenvalue weighted by Gasteiger charge is 2.48. The maximum atomic E-state index is 12.0. The van der Waals surface area contributed by atoms with Gasteiger partial charge in [0.05, 0.1) is 19.8 Å². The van der Waals surface area contributed by atoms with Gasteiger partial charge in [-0.15, -0.1) is 0 Å². The zero-order valence-corrected chi connectivity index (χ0v) is 19.2. The van der Waals surface area contributed by atoms with Gasteiger partial charge >= 0.3 is 0 Å². The van der Waals surface area contributed by atoms with Crippen molar-refractivity contribution in [2.45, 2.75) is 50.5 Å². The van der Waals surface area contributed by atoms with E-state index in [0.29, 0.717) is 19.8 Å². The van der Waals surface area contributed by atoms with Crippen LogP contribution >= 0.6 is 0 Å².